The lowest BCUT2D eigenvalue weighted by atomic mass is 10.1. The van der Waals surface area contributed by atoms with Crippen LogP contribution >= 0.6 is 11.3 Å². The number of carbonyl (C=O) groups excluding carboxylic acids is 1. The summed E-state index contributed by atoms with van der Waals surface area (Å²) in [6.45, 7) is 7.20. The molecule has 0 radical (unpaired) electrons. The van der Waals surface area contributed by atoms with E-state index in [0.29, 0.717) is 11.5 Å². The summed E-state index contributed by atoms with van der Waals surface area (Å²) >= 11 is 1.37. The van der Waals surface area contributed by atoms with Crippen molar-refractivity contribution in [3.8, 4) is 0 Å². The molecule has 0 aliphatic carbocycles. The Kier molecular flexibility index (Phi) is 5.60. The summed E-state index contributed by atoms with van der Waals surface area (Å²) in [5, 5.41) is 3.06. The summed E-state index contributed by atoms with van der Waals surface area (Å²) in [4.78, 5) is 19.5. The molecule has 3 rings (SSSR count). The predicted octanol–water partition coefficient (Wildman–Crippen LogP) is 2.47. The monoisotopic (exact) mass is 345 g/mol. The quantitative estimate of drug-likeness (QED) is 0.904. The lowest BCUT2D eigenvalue weighted by Crippen LogP contribution is -2.52. The molecule has 24 heavy (non-hydrogen) atoms. The van der Waals surface area contributed by atoms with Crippen LogP contribution in [0.5, 0.6) is 0 Å². The number of rotatable bonds is 5. The summed E-state index contributed by atoms with van der Waals surface area (Å²) in [6.07, 6.45) is -0.000334. The van der Waals surface area contributed by atoms with Crippen molar-refractivity contribution in [3.63, 3.8) is 0 Å². The van der Waals surface area contributed by atoms with Crippen molar-refractivity contribution >= 4 is 17.2 Å². The second-order valence-corrected chi connectivity index (χ2v) is 7.01. The third-order valence-electron chi connectivity index (χ3n) is 4.29. The molecule has 5 nitrogen and oxygen atoms in total. The van der Waals surface area contributed by atoms with Crippen molar-refractivity contribution < 1.29 is 9.53 Å². The summed E-state index contributed by atoms with van der Waals surface area (Å²) < 4.78 is 5.89. The zero-order valence-electron chi connectivity index (χ0n) is 14.1. The highest BCUT2D eigenvalue weighted by molar-refractivity contribution is 7.11. The zero-order valence-corrected chi connectivity index (χ0v) is 14.9. The second kappa shape index (κ2) is 7.88. The fourth-order valence-corrected chi connectivity index (χ4v) is 3.61. The zero-order chi connectivity index (χ0) is 16.9. The van der Waals surface area contributed by atoms with Gasteiger partial charge in [-0.3, -0.25) is 9.69 Å². The number of ether oxygens (including phenoxy) is 1. The highest BCUT2D eigenvalue weighted by atomic mass is 32.1. The maximum Gasteiger partial charge on any atom is 0.263 e. The van der Waals surface area contributed by atoms with Crippen molar-refractivity contribution in [1.82, 2.24) is 15.2 Å². The van der Waals surface area contributed by atoms with E-state index in [2.05, 4.69) is 39.5 Å². The fraction of sp³-hybridized carbons (Fsp3) is 0.444. The molecule has 2 heterocycles. The van der Waals surface area contributed by atoms with E-state index in [1.807, 2.05) is 19.9 Å². The Bertz CT molecular complexity index is 674. The molecule has 1 N–H and O–H groups in total. The fourth-order valence-electron chi connectivity index (χ4n) is 2.90. The van der Waals surface area contributed by atoms with E-state index in [1.165, 1.54) is 16.9 Å². The molecule has 1 aliphatic rings. The number of carbonyl (C=O) groups is 1. The number of aryl methyl sites for hydroxylation is 1. The van der Waals surface area contributed by atoms with Gasteiger partial charge in [0.1, 0.15) is 4.88 Å². The van der Waals surface area contributed by atoms with Crippen molar-refractivity contribution in [1.29, 1.82) is 0 Å². The van der Waals surface area contributed by atoms with E-state index in [4.69, 9.17) is 4.74 Å². The number of benzene rings is 1. The Morgan fingerprint density at radius 1 is 1.46 bits per heavy atom. The maximum absolute atomic E-state index is 12.3. The molecular weight excluding hydrogens is 322 g/mol. The standard InChI is InChI=1S/C18H23N3O2S/c1-13(20-18(22)17-14(2)19-12-24-17)16-11-21(8-9-23-16)10-15-6-4-3-5-7-15/h3-7,12-13,16H,8-11H2,1-2H3,(H,20,22)/t13-,16+/m0/s1. The third kappa shape index (κ3) is 4.20. The van der Waals surface area contributed by atoms with Gasteiger partial charge in [0.15, 0.2) is 0 Å². The molecule has 0 spiro atoms. The van der Waals surface area contributed by atoms with Gasteiger partial charge >= 0.3 is 0 Å². The van der Waals surface area contributed by atoms with Crippen LogP contribution in [0.4, 0.5) is 0 Å². The molecule has 1 aromatic carbocycles. The van der Waals surface area contributed by atoms with E-state index in [9.17, 15) is 4.79 Å². The number of nitrogens with one attached hydrogen (secondary N) is 1. The molecule has 0 saturated carbocycles. The second-order valence-electron chi connectivity index (χ2n) is 6.16. The van der Waals surface area contributed by atoms with Crippen LogP contribution in [0.3, 0.4) is 0 Å². The number of amides is 1. The SMILES string of the molecule is Cc1ncsc1C(=O)N[C@@H](C)[C@H]1CN(Cc2ccccc2)CCO1. The van der Waals surface area contributed by atoms with Crippen molar-refractivity contribution in [2.45, 2.75) is 32.5 Å². The molecule has 2 aromatic rings. The van der Waals surface area contributed by atoms with Crippen molar-refractivity contribution in [3.05, 3.63) is 52.0 Å². The lowest BCUT2D eigenvalue weighted by molar-refractivity contribution is -0.0449. The first-order valence-electron chi connectivity index (χ1n) is 8.22. The van der Waals surface area contributed by atoms with Crippen LogP contribution in [-0.4, -0.2) is 47.6 Å². The minimum atomic E-state index is -0.0636. The molecule has 0 bridgehead atoms. The summed E-state index contributed by atoms with van der Waals surface area (Å²) in [5.74, 6) is -0.0636. The van der Waals surface area contributed by atoms with E-state index in [-0.39, 0.29) is 18.1 Å². The van der Waals surface area contributed by atoms with Gasteiger partial charge in [-0.05, 0) is 19.4 Å². The highest BCUT2D eigenvalue weighted by Gasteiger charge is 2.27. The number of thiazole rings is 1. The number of nitrogens with zero attached hydrogens (tertiary/aromatic N) is 2. The largest absolute Gasteiger partial charge is 0.373 e. The minimum Gasteiger partial charge on any atom is -0.373 e. The molecule has 2 atom stereocenters. The molecule has 1 amide bonds. The number of aromatic nitrogens is 1. The average Bonchev–Trinajstić information content (AvgIpc) is 3.02. The minimum absolute atomic E-state index is 0.000334. The first-order valence-corrected chi connectivity index (χ1v) is 9.10. The van der Waals surface area contributed by atoms with Gasteiger partial charge in [-0.2, -0.15) is 0 Å². The summed E-state index contributed by atoms with van der Waals surface area (Å²) in [6, 6.07) is 10.4. The van der Waals surface area contributed by atoms with E-state index < -0.39 is 0 Å². The van der Waals surface area contributed by atoms with E-state index >= 15 is 0 Å². The van der Waals surface area contributed by atoms with Crippen LogP contribution in [0.1, 0.15) is 27.9 Å². The average molecular weight is 345 g/mol. The molecule has 1 aliphatic heterocycles. The van der Waals surface area contributed by atoms with Gasteiger partial charge in [0.05, 0.1) is 30.0 Å². The van der Waals surface area contributed by atoms with Crippen LogP contribution < -0.4 is 5.32 Å². The summed E-state index contributed by atoms with van der Waals surface area (Å²) in [7, 11) is 0. The van der Waals surface area contributed by atoms with Gasteiger partial charge in [-0.25, -0.2) is 4.98 Å². The first kappa shape index (κ1) is 17.1. The Hall–Kier alpha value is -1.76. The van der Waals surface area contributed by atoms with Gasteiger partial charge < -0.3 is 10.1 Å². The molecule has 6 heteroatoms. The van der Waals surface area contributed by atoms with Crippen LogP contribution in [0.25, 0.3) is 0 Å². The van der Waals surface area contributed by atoms with E-state index in [0.717, 1.165) is 25.3 Å². The van der Waals surface area contributed by atoms with Crippen LogP contribution in [0.15, 0.2) is 35.8 Å². The van der Waals surface area contributed by atoms with Crippen LogP contribution in [0, 0.1) is 6.92 Å². The van der Waals surface area contributed by atoms with Gasteiger partial charge in [0, 0.05) is 19.6 Å². The molecule has 1 saturated heterocycles. The van der Waals surface area contributed by atoms with Crippen molar-refractivity contribution in [2.75, 3.05) is 19.7 Å². The van der Waals surface area contributed by atoms with Gasteiger partial charge in [0.25, 0.3) is 5.91 Å². The molecular formula is C18H23N3O2S. The lowest BCUT2D eigenvalue weighted by Gasteiger charge is -2.36. The smallest absolute Gasteiger partial charge is 0.263 e. The molecule has 1 aromatic heterocycles. The summed E-state index contributed by atoms with van der Waals surface area (Å²) in [5.41, 5.74) is 3.78. The molecule has 0 unspecified atom stereocenters. The number of morpholine rings is 1. The van der Waals surface area contributed by atoms with Crippen molar-refractivity contribution in [2.24, 2.45) is 0 Å². The van der Waals surface area contributed by atoms with Gasteiger partial charge in [-0.15, -0.1) is 11.3 Å². The Balaban J connectivity index is 1.56. The molecule has 1 fully saturated rings. The normalized spacial score (nSPS) is 19.8. The Labute approximate surface area is 146 Å². The Morgan fingerprint density at radius 2 is 2.25 bits per heavy atom. The van der Waals surface area contributed by atoms with Gasteiger partial charge in [0.2, 0.25) is 0 Å². The maximum atomic E-state index is 12.3. The highest BCUT2D eigenvalue weighted by Crippen LogP contribution is 2.15. The molecule has 128 valence electrons. The first-order chi connectivity index (χ1) is 11.6. The van der Waals surface area contributed by atoms with Crippen LogP contribution in [0.2, 0.25) is 0 Å². The topological polar surface area (TPSA) is 54.5 Å². The van der Waals surface area contributed by atoms with Crippen LogP contribution in [-0.2, 0) is 11.3 Å². The Morgan fingerprint density at radius 3 is 2.96 bits per heavy atom. The van der Waals surface area contributed by atoms with Gasteiger partial charge in [-0.1, -0.05) is 30.3 Å². The number of hydrogen-bond donors (Lipinski definition) is 1. The van der Waals surface area contributed by atoms with E-state index in [1.54, 1.807) is 5.51 Å². The number of hydrogen-bond acceptors (Lipinski definition) is 5. The third-order valence-corrected chi connectivity index (χ3v) is 5.22. The predicted molar refractivity (Wildman–Crippen MR) is 95.2 cm³/mol.